The number of halogens is 1. The third-order valence-electron chi connectivity index (χ3n) is 5.35. The highest BCUT2D eigenvalue weighted by atomic mass is 35.5. The van der Waals surface area contributed by atoms with E-state index in [1.807, 2.05) is 77.6 Å². The molecule has 0 aliphatic carbocycles. The van der Waals surface area contributed by atoms with Crippen molar-refractivity contribution in [2.24, 2.45) is 10.2 Å². The van der Waals surface area contributed by atoms with Gasteiger partial charge in [-0.15, -0.1) is 0 Å². The number of fused-ring (bicyclic) bond motifs is 2. The Morgan fingerprint density at radius 2 is 1.53 bits per heavy atom. The predicted molar refractivity (Wildman–Crippen MR) is 130 cm³/mol. The Balaban J connectivity index is 1.80. The van der Waals surface area contributed by atoms with Crippen LogP contribution in [0.3, 0.4) is 0 Å². The van der Waals surface area contributed by atoms with Gasteiger partial charge in [-0.3, -0.25) is 0 Å². The second-order valence-electron chi connectivity index (χ2n) is 7.27. The van der Waals surface area contributed by atoms with Crippen molar-refractivity contribution in [1.29, 1.82) is 0 Å². The lowest BCUT2D eigenvalue weighted by molar-refractivity contribution is -0.132. The van der Waals surface area contributed by atoms with E-state index in [0.29, 0.717) is 5.02 Å². The molecule has 3 aromatic rings. The third-order valence-corrected chi connectivity index (χ3v) is 6.90. The van der Waals surface area contributed by atoms with E-state index >= 15 is 0 Å². The number of methoxy groups -OCH3 is 1. The molecule has 32 heavy (non-hydrogen) atoms. The summed E-state index contributed by atoms with van der Waals surface area (Å²) in [5.41, 5.74) is 4.48. The van der Waals surface area contributed by atoms with E-state index in [1.165, 1.54) is 18.9 Å². The van der Waals surface area contributed by atoms with E-state index in [2.05, 4.69) is 6.07 Å². The minimum atomic E-state index is -0.977. The summed E-state index contributed by atoms with van der Waals surface area (Å²) in [6, 6.07) is 25.3. The summed E-state index contributed by atoms with van der Waals surface area (Å²) in [6.07, 6.45) is 0. The Hall–Kier alpha value is -3.29. The van der Waals surface area contributed by atoms with Gasteiger partial charge in [0, 0.05) is 16.1 Å². The number of para-hydroxylation sites is 1. The van der Waals surface area contributed by atoms with Gasteiger partial charge in [-0.25, -0.2) is 14.8 Å². The van der Waals surface area contributed by atoms with Crippen LogP contribution in [0.1, 0.15) is 18.1 Å². The fourth-order valence-corrected chi connectivity index (χ4v) is 5.35. The van der Waals surface area contributed by atoms with E-state index in [9.17, 15) is 4.79 Å². The average Bonchev–Trinajstić information content (AvgIpc) is 3.23. The molecule has 8 heteroatoms. The largest absolute Gasteiger partial charge is 0.464 e. The maximum atomic E-state index is 12.6. The van der Waals surface area contributed by atoms with Crippen LogP contribution >= 0.6 is 23.4 Å². The number of hydrazone groups is 2. The first kappa shape index (κ1) is 20.6. The minimum absolute atomic E-state index is 0.243. The zero-order valence-electron chi connectivity index (χ0n) is 17.4. The first-order valence-corrected chi connectivity index (χ1v) is 11.2. The molecule has 5 rings (SSSR count). The van der Waals surface area contributed by atoms with E-state index in [0.717, 1.165) is 28.2 Å². The number of ether oxygens (including phenoxy) is 1. The molecule has 0 aromatic heterocycles. The second kappa shape index (κ2) is 8.00. The Bertz CT molecular complexity index is 1250. The number of carbonyl (C=O) groups is 1. The molecule has 2 heterocycles. The number of nitrogens with zero attached hydrogens (tertiary/aromatic N) is 4. The topological polar surface area (TPSA) is 57.5 Å². The fraction of sp³-hybridized carbons (Fsp3) is 0.125. The van der Waals surface area contributed by atoms with Crippen LogP contribution in [0.5, 0.6) is 0 Å². The summed E-state index contributed by atoms with van der Waals surface area (Å²) < 4.78 is 5.03. The maximum Gasteiger partial charge on any atom is 0.365 e. The molecule has 1 atom stereocenters. The highest BCUT2D eigenvalue weighted by Gasteiger charge is 2.56. The predicted octanol–water partition coefficient (Wildman–Crippen LogP) is 5.43. The standard InChI is InChI=1S/C24H19ClN4O2S/c1-16-20-10-6-7-11-21(20)24(28(26-16)18-8-4-3-5-9-18)29(19-14-12-17(25)13-15-19)27-22(32-24)23(30)31-2/h3-15H,1-2H3/t24-/m0/s1. The van der Waals surface area contributed by atoms with Gasteiger partial charge in [0.15, 0.2) is 0 Å². The Labute approximate surface area is 195 Å². The first-order chi connectivity index (χ1) is 15.5. The molecule has 0 radical (unpaired) electrons. The van der Waals surface area contributed by atoms with Gasteiger partial charge in [-0.2, -0.15) is 10.2 Å². The third kappa shape index (κ3) is 3.16. The summed E-state index contributed by atoms with van der Waals surface area (Å²) in [5, 5.41) is 14.3. The molecule has 1 spiro atoms. The molecule has 6 nitrogen and oxygen atoms in total. The lowest BCUT2D eigenvalue weighted by Gasteiger charge is -2.46. The number of anilines is 2. The van der Waals surface area contributed by atoms with Gasteiger partial charge in [-0.05, 0) is 55.1 Å². The van der Waals surface area contributed by atoms with Crippen molar-refractivity contribution in [1.82, 2.24) is 0 Å². The van der Waals surface area contributed by atoms with Crippen LogP contribution in [-0.2, 0) is 14.5 Å². The van der Waals surface area contributed by atoms with Crippen molar-refractivity contribution in [3.8, 4) is 0 Å². The average molecular weight is 463 g/mol. The van der Waals surface area contributed by atoms with Gasteiger partial charge in [0.05, 0.1) is 24.2 Å². The zero-order valence-corrected chi connectivity index (χ0v) is 19.0. The van der Waals surface area contributed by atoms with Gasteiger partial charge in [0.2, 0.25) is 10.0 Å². The fourth-order valence-electron chi connectivity index (χ4n) is 3.91. The molecule has 0 saturated heterocycles. The molecular formula is C24H19ClN4O2S. The van der Waals surface area contributed by atoms with Crippen LogP contribution in [0, 0.1) is 0 Å². The molecule has 0 saturated carbocycles. The van der Waals surface area contributed by atoms with Gasteiger partial charge < -0.3 is 4.74 Å². The summed E-state index contributed by atoms with van der Waals surface area (Å²) in [4.78, 5) is 11.6. The summed E-state index contributed by atoms with van der Waals surface area (Å²) in [5.74, 6) is -0.498. The molecule has 0 bridgehead atoms. The molecule has 0 amide bonds. The SMILES string of the molecule is COC(=O)C1=NN(c2ccc(Cl)cc2)[C@]2(S1)c1ccccc1C(C)=NN2c1ccccc1. The van der Waals surface area contributed by atoms with Crippen LogP contribution < -0.4 is 10.0 Å². The quantitative estimate of drug-likeness (QED) is 0.485. The highest BCUT2D eigenvalue weighted by Crippen LogP contribution is 2.54. The number of carbonyl (C=O) groups excluding carboxylic acids is 1. The van der Waals surface area contributed by atoms with Gasteiger partial charge >= 0.3 is 5.97 Å². The second-order valence-corrected chi connectivity index (χ2v) is 8.87. The molecule has 3 aromatic carbocycles. The van der Waals surface area contributed by atoms with Crippen LogP contribution in [0.25, 0.3) is 0 Å². The van der Waals surface area contributed by atoms with E-state index in [4.69, 9.17) is 26.5 Å². The Kier molecular flexibility index (Phi) is 5.15. The lowest BCUT2D eigenvalue weighted by atomic mass is 9.98. The smallest absolute Gasteiger partial charge is 0.365 e. The number of hydrogen-bond acceptors (Lipinski definition) is 7. The first-order valence-electron chi connectivity index (χ1n) is 9.96. The van der Waals surface area contributed by atoms with E-state index < -0.39 is 11.0 Å². The molecule has 0 fully saturated rings. The minimum Gasteiger partial charge on any atom is -0.464 e. The maximum absolute atomic E-state index is 12.6. The van der Waals surface area contributed by atoms with Crippen molar-refractivity contribution in [3.63, 3.8) is 0 Å². The van der Waals surface area contributed by atoms with Crippen LogP contribution in [0.4, 0.5) is 11.4 Å². The Morgan fingerprint density at radius 1 is 0.906 bits per heavy atom. The summed E-state index contributed by atoms with van der Waals surface area (Å²) in [7, 11) is 1.36. The van der Waals surface area contributed by atoms with Crippen LogP contribution in [-0.4, -0.2) is 23.8 Å². The van der Waals surface area contributed by atoms with Crippen LogP contribution in [0.15, 0.2) is 89.1 Å². The molecule has 2 aliphatic rings. The van der Waals surface area contributed by atoms with E-state index in [1.54, 1.807) is 12.1 Å². The molecule has 0 N–H and O–H groups in total. The van der Waals surface area contributed by atoms with E-state index in [-0.39, 0.29) is 5.04 Å². The van der Waals surface area contributed by atoms with Crippen LogP contribution in [0.2, 0.25) is 5.02 Å². The molecule has 2 aliphatic heterocycles. The van der Waals surface area contributed by atoms with Crippen molar-refractivity contribution in [2.45, 2.75) is 11.9 Å². The number of rotatable bonds is 3. The molecule has 160 valence electrons. The van der Waals surface area contributed by atoms with Crippen molar-refractivity contribution in [2.75, 3.05) is 17.1 Å². The number of thioether (sulfide) groups is 1. The zero-order chi connectivity index (χ0) is 22.3. The van der Waals surface area contributed by atoms with Gasteiger partial charge in [0.1, 0.15) is 0 Å². The lowest BCUT2D eigenvalue weighted by Crippen LogP contribution is -2.53. The summed E-state index contributed by atoms with van der Waals surface area (Å²) >= 11 is 7.46. The van der Waals surface area contributed by atoms with Gasteiger partial charge in [-0.1, -0.05) is 54.1 Å². The highest BCUT2D eigenvalue weighted by molar-refractivity contribution is 8.16. The number of hydrogen-bond donors (Lipinski definition) is 0. The molecular weight excluding hydrogens is 444 g/mol. The monoisotopic (exact) mass is 462 g/mol. The normalized spacial score (nSPS) is 19.5. The van der Waals surface area contributed by atoms with Crippen molar-refractivity contribution >= 4 is 51.5 Å². The molecule has 0 unspecified atom stereocenters. The van der Waals surface area contributed by atoms with Gasteiger partial charge in [0.25, 0.3) is 0 Å². The number of benzene rings is 3. The van der Waals surface area contributed by atoms with Crippen molar-refractivity contribution < 1.29 is 9.53 Å². The Morgan fingerprint density at radius 3 is 2.25 bits per heavy atom. The van der Waals surface area contributed by atoms with Crippen molar-refractivity contribution in [3.05, 3.63) is 95.0 Å². The summed E-state index contributed by atoms with van der Waals surface area (Å²) in [6.45, 7) is 1.98. The number of esters is 1.